The number of nitrogens with two attached hydrogens (primary N) is 1. The molecule has 3 rings (SSSR count). The van der Waals surface area contributed by atoms with Crippen LogP contribution < -0.4 is 5.73 Å². The average molecular weight is 245 g/mol. The largest absolute Gasteiger partial charge is 0.396 e. The summed E-state index contributed by atoms with van der Waals surface area (Å²) in [4.78, 5) is 6.67. The monoisotopic (exact) mass is 245 g/mol. The molecular weight excluding hydrogens is 226 g/mol. The lowest BCUT2D eigenvalue weighted by Crippen LogP contribution is -2.31. The lowest BCUT2D eigenvalue weighted by molar-refractivity contribution is 0.218. The van der Waals surface area contributed by atoms with Crippen LogP contribution in [0.1, 0.15) is 18.5 Å². The van der Waals surface area contributed by atoms with E-state index in [0.29, 0.717) is 5.69 Å². The number of anilines is 1. The molecule has 18 heavy (non-hydrogen) atoms. The number of hydrogen-bond donors (Lipinski definition) is 1. The van der Waals surface area contributed by atoms with E-state index in [9.17, 15) is 0 Å². The number of nitrogens with zero attached hydrogens (tertiary/aromatic N) is 4. The smallest absolute Gasteiger partial charge is 0.155 e. The summed E-state index contributed by atoms with van der Waals surface area (Å²) in [5, 5.41) is 4.55. The van der Waals surface area contributed by atoms with Gasteiger partial charge < -0.3 is 10.6 Å². The lowest BCUT2D eigenvalue weighted by atomic mass is 9.92. The first kappa shape index (κ1) is 11.5. The molecule has 96 valence electrons. The Balaban J connectivity index is 1.74. The Morgan fingerprint density at radius 1 is 1.39 bits per heavy atom. The van der Waals surface area contributed by atoms with Gasteiger partial charge >= 0.3 is 0 Å². The van der Waals surface area contributed by atoms with E-state index in [4.69, 9.17) is 5.73 Å². The number of nitrogen functional groups attached to an aromatic ring is 1. The van der Waals surface area contributed by atoms with Crippen LogP contribution >= 0.6 is 0 Å². The Morgan fingerprint density at radius 3 is 2.94 bits per heavy atom. The van der Waals surface area contributed by atoms with Gasteiger partial charge in [-0.3, -0.25) is 0 Å². The van der Waals surface area contributed by atoms with Gasteiger partial charge in [0.25, 0.3) is 0 Å². The number of hydrogen-bond acceptors (Lipinski definition) is 4. The zero-order valence-corrected chi connectivity index (χ0v) is 10.7. The summed E-state index contributed by atoms with van der Waals surface area (Å²) in [6, 6.07) is 2.07. The molecule has 0 radical (unpaired) electrons. The molecule has 0 amide bonds. The second kappa shape index (κ2) is 4.57. The molecule has 5 nitrogen and oxygen atoms in total. The van der Waals surface area contributed by atoms with Crippen LogP contribution in [-0.2, 0) is 6.42 Å². The molecule has 0 atom stereocenters. The van der Waals surface area contributed by atoms with Gasteiger partial charge in [0.05, 0.1) is 23.8 Å². The fourth-order valence-corrected chi connectivity index (χ4v) is 2.60. The van der Waals surface area contributed by atoms with Crippen molar-refractivity contribution in [3.8, 4) is 0 Å². The van der Waals surface area contributed by atoms with Crippen molar-refractivity contribution >= 4 is 11.3 Å². The normalized spacial score (nSPS) is 18.5. The number of likely N-dealkylation sites (tertiary alicyclic amines) is 1. The molecule has 2 aromatic heterocycles. The maximum Gasteiger partial charge on any atom is 0.155 e. The predicted octanol–water partition coefficient (Wildman–Crippen LogP) is 1.20. The van der Waals surface area contributed by atoms with E-state index in [1.807, 2.05) is 6.20 Å². The van der Waals surface area contributed by atoms with Gasteiger partial charge in [0, 0.05) is 6.07 Å². The first-order chi connectivity index (χ1) is 8.70. The third-order valence-electron chi connectivity index (χ3n) is 3.72. The van der Waals surface area contributed by atoms with Gasteiger partial charge in [-0.1, -0.05) is 0 Å². The Hall–Kier alpha value is -1.62. The zero-order chi connectivity index (χ0) is 12.5. The van der Waals surface area contributed by atoms with Crippen LogP contribution in [0.25, 0.3) is 5.65 Å². The van der Waals surface area contributed by atoms with Crippen molar-refractivity contribution in [3.05, 3.63) is 24.2 Å². The molecule has 0 bridgehead atoms. The predicted molar refractivity (Wildman–Crippen MR) is 71.3 cm³/mol. The zero-order valence-electron chi connectivity index (χ0n) is 10.7. The summed E-state index contributed by atoms with van der Waals surface area (Å²) in [5.74, 6) is 0.753. The third-order valence-corrected chi connectivity index (χ3v) is 3.72. The lowest BCUT2D eigenvalue weighted by Gasteiger charge is -2.28. The maximum atomic E-state index is 5.70. The van der Waals surface area contributed by atoms with E-state index >= 15 is 0 Å². The van der Waals surface area contributed by atoms with Crippen molar-refractivity contribution in [2.45, 2.75) is 19.3 Å². The van der Waals surface area contributed by atoms with Crippen molar-refractivity contribution < 1.29 is 0 Å². The van der Waals surface area contributed by atoms with Crippen molar-refractivity contribution in [1.29, 1.82) is 0 Å². The molecule has 1 aliphatic heterocycles. The highest BCUT2D eigenvalue weighted by Crippen LogP contribution is 2.20. The van der Waals surface area contributed by atoms with Gasteiger partial charge in [0.1, 0.15) is 0 Å². The van der Waals surface area contributed by atoms with Crippen LogP contribution in [0.3, 0.4) is 0 Å². The van der Waals surface area contributed by atoms with Crippen LogP contribution in [0.15, 0.2) is 18.5 Å². The Kier molecular flexibility index (Phi) is 2.91. The molecule has 5 heteroatoms. The van der Waals surface area contributed by atoms with E-state index in [2.05, 4.69) is 28.1 Å². The van der Waals surface area contributed by atoms with Gasteiger partial charge in [-0.05, 0) is 45.3 Å². The van der Waals surface area contributed by atoms with Crippen molar-refractivity contribution in [3.63, 3.8) is 0 Å². The standard InChI is InChI=1S/C13H19N5/c1-17-4-2-10(3-5-17)6-12-7-13-15-8-11(14)9-18(13)16-12/h7-10H,2-6,14H2,1H3. The Bertz CT molecular complexity index is 539. The molecule has 1 saturated heterocycles. The molecular formula is C13H19N5. The highest BCUT2D eigenvalue weighted by molar-refractivity contribution is 5.44. The van der Waals surface area contributed by atoms with E-state index in [-0.39, 0.29) is 0 Å². The van der Waals surface area contributed by atoms with Crippen molar-refractivity contribution in [2.24, 2.45) is 5.92 Å². The summed E-state index contributed by atoms with van der Waals surface area (Å²) < 4.78 is 1.78. The summed E-state index contributed by atoms with van der Waals surface area (Å²) in [5.41, 5.74) is 8.36. The summed E-state index contributed by atoms with van der Waals surface area (Å²) in [7, 11) is 2.19. The number of aromatic nitrogens is 3. The van der Waals surface area contributed by atoms with Crippen LogP contribution in [0, 0.1) is 5.92 Å². The van der Waals surface area contributed by atoms with Crippen LogP contribution in [-0.4, -0.2) is 39.6 Å². The quantitative estimate of drug-likeness (QED) is 0.863. The summed E-state index contributed by atoms with van der Waals surface area (Å²) in [6.45, 7) is 2.40. The molecule has 0 aliphatic carbocycles. The Labute approximate surface area is 107 Å². The second-order valence-corrected chi connectivity index (χ2v) is 5.28. The molecule has 0 unspecified atom stereocenters. The average Bonchev–Trinajstić information content (AvgIpc) is 2.73. The second-order valence-electron chi connectivity index (χ2n) is 5.28. The van der Waals surface area contributed by atoms with Gasteiger partial charge in [-0.25, -0.2) is 9.50 Å². The first-order valence-corrected chi connectivity index (χ1v) is 6.49. The highest BCUT2D eigenvalue weighted by atomic mass is 15.2. The van der Waals surface area contributed by atoms with Gasteiger partial charge in [0.2, 0.25) is 0 Å². The minimum atomic E-state index is 0.649. The molecule has 3 heterocycles. The van der Waals surface area contributed by atoms with Crippen molar-refractivity contribution in [1.82, 2.24) is 19.5 Å². The molecule has 2 N–H and O–H groups in total. The molecule has 0 aromatic carbocycles. The number of rotatable bonds is 2. The van der Waals surface area contributed by atoms with E-state index in [0.717, 1.165) is 23.7 Å². The Morgan fingerprint density at radius 2 is 2.17 bits per heavy atom. The molecule has 0 spiro atoms. The minimum absolute atomic E-state index is 0.649. The van der Waals surface area contributed by atoms with Crippen molar-refractivity contribution in [2.75, 3.05) is 25.9 Å². The van der Waals surface area contributed by atoms with E-state index < -0.39 is 0 Å². The van der Waals surface area contributed by atoms with Gasteiger partial charge in [-0.2, -0.15) is 5.10 Å². The topological polar surface area (TPSA) is 59.5 Å². The first-order valence-electron chi connectivity index (χ1n) is 6.49. The summed E-state index contributed by atoms with van der Waals surface area (Å²) >= 11 is 0. The number of piperidine rings is 1. The van der Waals surface area contributed by atoms with E-state index in [1.54, 1.807) is 10.7 Å². The van der Waals surface area contributed by atoms with Crippen LogP contribution in [0.2, 0.25) is 0 Å². The molecule has 0 saturated carbocycles. The molecule has 1 fully saturated rings. The SMILES string of the molecule is CN1CCC(Cc2cc3ncc(N)cn3n2)CC1. The molecule has 1 aliphatic rings. The van der Waals surface area contributed by atoms with Gasteiger partial charge in [0.15, 0.2) is 5.65 Å². The minimum Gasteiger partial charge on any atom is -0.396 e. The fourth-order valence-electron chi connectivity index (χ4n) is 2.60. The molecule has 2 aromatic rings. The number of fused-ring (bicyclic) bond motifs is 1. The third kappa shape index (κ3) is 2.31. The van der Waals surface area contributed by atoms with Gasteiger partial charge in [-0.15, -0.1) is 0 Å². The summed E-state index contributed by atoms with van der Waals surface area (Å²) in [6.07, 6.45) is 7.08. The van der Waals surface area contributed by atoms with Crippen LogP contribution in [0.4, 0.5) is 5.69 Å². The highest BCUT2D eigenvalue weighted by Gasteiger charge is 2.18. The van der Waals surface area contributed by atoms with E-state index in [1.165, 1.54) is 25.9 Å². The van der Waals surface area contributed by atoms with Crippen LogP contribution in [0.5, 0.6) is 0 Å². The fraction of sp³-hybridized carbons (Fsp3) is 0.538. The maximum absolute atomic E-state index is 5.70.